The topological polar surface area (TPSA) is 61.1 Å². The summed E-state index contributed by atoms with van der Waals surface area (Å²) in [5.74, 6) is 2.10. The van der Waals surface area contributed by atoms with E-state index in [4.69, 9.17) is 5.11 Å². The number of hydrogen-bond donors (Lipinski definition) is 1. The first kappa shape index (κ1) is 24.2. The quantitative estimate of drug-likeness (QED) is 0.339. The highest BCUT2D eigenvalue weighted by Crippen LogP contribution is 2.49. The Morgan fingerprint density at radius 2 is 1.59 bits per heavy atom. The Labute approximate surface area is 179 Å². The van der Waals surface area contributed by atoms with Gasteiger partial charge in [-0.3, -0.25) is 4.79 Å². The van der Waals surface area contributed by atoms with Gasteiger partial charge in [-0.25, -0.2) is 0 Å². The van der Waals surface area contributed by atoms with Gasteiger partial charge in [0.2, 0.25) is 0 Å². The average Bonchev–Trinajstić information content (AvgIpc) is 2.75. The van der Waals surface area contributed by atoms with Crippen LogP contribution >= 0.6 is 0 Å². The molecule has 29 heavy (non-hydrogen) atoms. The summed E-state index contributed by atoms with van der Waals surface area (Å²) in [7, 11) is 0. The lowest BCUT2D eigenvalue weighted by Gasteiger charge is -2.43. The lowest BCUT2D eigenvalue weighted by atomic mass is 9.60. The van der Waals surface area contributed by atoms with E-state index in [-0.39, 0.29) is 17.8 Å². The minimum absolute atomic E-state index is 0.191. The van der Waals surface area contributed by atoms with E-state index in [1.54, 1.807) is 0 Å². The third kappa shape index (κ3) is 7.62. The highest BCUT2D eigenvalue weighted by atomic mass is 16.4. The molecule has 1 N–H and O–H groups in total. The molecule has 3 nitrogen and oxygen atoms in total. The molecule has 0 aromatic carbocycles. The van der Waals surface area contributed by atoms with Gasteiger partial charge in [0.25, 0.3) is 0 Å². The van der Waals surface area contributed by atoms with Crippen molar-refractivity contribution in [2.24, 2.45) is 29.1 Å². The molecule has 2 aliphatic rings. The van der Waals surface area contributed by atoms with E-state index in [9.17, 15) is 10.1 Å². The first-order chi connectivity index (χ1) is 14.0. The predicted molar refractivity (Wildman–Crippen MR) is 119 cm³/mol. The Bertz CT molecular complexity index is 507. The largest absolute Gasteiger partial charge is 0.481 e. The summed E-state index contributed by atoms with van der Waals surface area (Å²) in [6.07, 6.45) is 20.7. The number of unbranched alkanes of at least 4 members (excludes halogenated alkanes) is 5. The van der Waals surface area contributed by atoms with Crippen molar-refractivity contribution >= 4 is 5.97 Å². The lowest BCUT2D eigenvalue weighted by Crippen LogP contribution is -2.35. The summed E-state index contributed by atoms with van der Waals surface area (Å²) >= 11 is 0. The first-order valence-corrected chi connectivity index (χ1v) is 12.6. The van der Waals surface area contributed by atoms with Crippen molar-refractivity contribution in [3.8, 4) is 6.07 Å². The van der Waals surface area contributed by atoms with Crippen LogP contribution in [0.2, 0.25) is 0 Å². The van der Waals surface area contributed by atoms with Crippen molar-refractivity contribution < 1.29 is 9.90 Å². The summed E-state index contributed by atoms with van der Waals surface area (Å²) in [6, 6.07) is 2.62. The fraction of sp³-hybridized carbons (Fsp3) is 0.923. The molecular weight excluding hydrogens is 358 g/mol. The van der Waals surface area contributed by atoms with E-state index < -0.39 is 5.97 Å². The van der Waals surface area contributed by atoms with E-state index in [1.807, 2.05) is 0 Å². The first-order valence-electron chi connectivity index (χ1n) is 12.6. The van der Waals surface area contributed by atoms with Gasteiger partial charge in [0.05, 0.1) is 11.5 Å². The third-order valence-corrected chi connectivity index (χ3v) is 8.40. The van der Waals surface area contributed by atoms with Crippen LogP contribution in [0.1, 0.15) is 123 Å². The van der Waals surface area contributed by atoms with Crippen LogP contribution < -0.4 is 0 Å². The van der Waals surface area contributed by atoms with Crippen LogP contribution in [-0.2, 0) is 4.79 Å². The standard InChI is InChI=1S/C26H45NO2/c1-3-4-5-6-7-8-9-22-11-13-23(14-12-22)24-16-18-26(20-27,19-17-24)21(2)10-15-25(28)29/h21-24H,3-19H2,1-2H3,(H,28,29)/t21-,22?,23?,24-,26-/m1/s1. The molecule has 0 aromatic rings. The van der Waals surface area contributed by atoms with Gasteiger partial charge in [0.1, 0.15) is 0 Å². The molecule has 0 radical (unpaired) electrons. The second-order valence-electron chi connectivity index (χ2n) is 10.3. The molecule has 0 saturated heterocycles. The normalized spacial score (nSPS) is 31.1. The number of nitriles is 1. The molecule has 0 amide bonds. The van der Waals surface area contributed by atoms with Crippen LogP contribution in [0.5, 0.6) is 0 Å². The van der Waals surface area contributed by atoms with Crippen LogP contribution in [0.4, 0.5) is 0 Å². The van der Waals surface area contributed by atoms with Crippen molar-refractivity contribution in [2.45, 2.75) is 123 Å². The van der Waals surface area contributed by atoms with E-state index in [0.29, 0.717) is 6.42 Å². The number of nitrogens with zero attached hydrogens (tertiary/aromatic N) is 1. The van der Waals surface area contributed by atoms with Gasteiger partial charge in [-0.1, -0.05) is 71.6 Å². The van der Waals surface area contributed by atoms with E-state index in [0.717, 1.165) is 30.6 Å². The molecule has 1 atom stereocenters. The SMILES string of the molecule is CCCCCCCCC1CCC([C@H]2CC[C@](C#N)([C@H](C)CCC(=O)O)CC2)CC1. The van der Waals surface area contributed by atoms with Crippen LogP contribution in [0.15, 0.2) is 0 Å². The number of aliphatic carboxylic acids is 1. The summed E-state index contributed by atoms with van der Waals surface area (Å²) in [5, 5.41) is 18.8. The maximum atomic E-state index is 10.9. The average molecular weight is 404 g/mol. The molecular formula is C26H45NO2. The van der Waals surface area contributed by atoms with Gasteiger partial charge in [-0.15, -0.1) is 0 Å². The molecule has 0 heterocycles. The van der Waals surface area contributed by atoms with Gasteiger partial charge in [-0.05, 0) is 68.6 Å². The van der Waals surface area contributed by atoms with E-state index >= 15 is 0 Å². The zero-order chi connectivity index (χ0) is 21.1. The van der Waals surface area contributed by atoms with Gasteiger partial charge in [0, 0.05) is 6.42 Å². The number of hydrogen-bond acceptors (Lipinski definition) is 2. The molecule has 2 fully saturated rings. The molecule has 0 unspecified atom stereocenters. The molecule has 166 valence electrons. The Morgan fingerprint density at radius 3 is 2.17 bits per heavy atom. The Kier molecular flexibility index (Phi) is 10.5. The van der Waals surface area contributed by atoms with E-state index in [1.165, 1.54) is 83.5 Å². The smallest absolute Gasteiger partial charge is 0.303 e. The predicted octanol–water partition coefficient (Wildman–Crippen LogP) is 7.74. The third-order valence-electron chi connectivity index (χ3n) is 8.40. The highest BCUT2D eigenvalue weighted by molar-refractivity contribution is 5.66. The number of carboxylic acids is 1. The molecule has 2 saturated carbocycles. The second-order valence-corrected chi connectivity index (χ2v) is 10.3. The van der Waals surface area contributed by atoms with Gasteiger partial charge < -0.3 is 5.11 Å². The molecule has 0 aromatic heterocycles. The maximum Gasteiger partial charge on any atom is 0.303 e. The van der Waals surface area contributed by atoms with Crippen molar-refractivity contribution in [1.82, 2.24) is 0 Å². The molecule has 0 aliphatic heterocycles. The van der Waals surface area contributed by atoms with Gasteiger partial charge in [0.15, 0.2) is 0 Å². The fourth-order valence-electron chi connectivity index (χ4n) is 6.12. The molecule has 2 aliphatic carbocycles. The van der Waals surface area contributed by atoms with Crippen LogP contribution in [-0.4, -0.2) is 11.1 Å². The zero-order valence-corrected chi connectivity index (χ0v) is 19.1. The molecule has 2 rings (SSSR count). The summed E-state index contributed by atoms with van der Waals surface area (Å²) in [6.45, 7) is 4.38. The minimum Gasteiger partial charge on any atom is -0.481 e. The van der Waals surface area contributed by atoms with Crippen LogP contribution in [0, 0.1) is 40.4 Å². The molecule has 3 heteroatoms. The van der Waals surface area contributed by atoms with Crippen molar-refractivity contribution in [3.05, 3.63) is 0 Å². The van der Waals surface area contributed by atoms with Crippen molar-refractivity contribution in [3.63, 3.8) is 0 Å². The minimum atomic E-state index is -0.739. The zero-order valence-electron chi connectivity index (χ0n) is 19.1. The fourth-order valence-corrected chi connectivity index (χ4v) is 6.12. The van der Waals surface area contributed by atoms with Crippen LogP contribution in [0.3, 0.4) is 0 Å². The monoisotopic (exact) mass is 403 g/mol. The molecule has 0 bridgehead atoms. The van der Waals surface area contributed by atoms with Crippen LogP contribution in [0.25, 0.3) is 0 Å². The van der Waals surface area contributed by atoms with Gasteiger partial charge in [-0.2, -0.15) is 5.26 Å². The van der Waals surface area contributed by atoms with Gasteiger partial charge >= 0.3 is 5.97 Å². The highest BCUT2D eigenvalue weighted by Gasteiger charge is 2.42. The second kappa shape index (κ2) is 12.6. The maximum absolute atomic E-state index is 10.9. The lowest BCUT2D eigenvalue weighted by molar-refractivity contribution is -0.137. The van der Waals surface area contributed by atoms with Crippen molar-refractivity contribution in [2.75, 3.05) is 0 Å². The Hall–Kier alpha value is -1.04. The summed E-state index contributed by atoms with van der Waals surface area (Å²) in [5.41, 5.74) is -0.277. The summed E-state index contributed by atoms with van der Waals surface area (Å²) in [4.78, 5) is 10.9. The summed E-state index contributed by atoms with van der Waals surface area (Å²) < 4.78 is 0. The Balaban J connectivity index is 1.67. The number of carboxylic acid groups (broad SMARTS) is 1. The van der Waals surface area contributed by atoms with Crippen molar-refractivity contribution in [1.29, 1.82) is 5.26 Å². The van der Waals surface area contributed by atoms with E-state index in [2.05, 4.69) is 19.9 Å². The number of rotatable bonds is 12. The number of carbonyl (C=O) groups is 1. The Morgan fingerprint density at radius 1 is 1.00 bits per heavy atom. The molecule has 0 spiro atoms.